The summed E-state index contributed by atoms with van der Waals surface area (Å²) in [4.78, 5) is 15.8. The molecule has 0 saturated carbocycles. The summed E-state index contributed by atoms with van der Waals surface area (Å²) in [5, 5.41) is 21.1. The van der Waals surface area contributed by atoms with Crippen molar-refractivity contribution < 1.29 is 14.6 Å². The molecular weight excluding hydrogens is 246 g/mol. The summed E-state index contributed by atoms with van der Waals surface area (Å²) in [5.74, 6) is -0.263. The van der Waals surface area contributed by atoms with Gasteiger partial charge in [-0.15, -0.1) is 0 Å². The smallest absolute Gasteiger partial charge is 0.330 e. The molecule has 1 aliphatic rings. The van der Waals surface area contributed by atoms with Crippen molar-refractivity contribution in [2.24, 2.45) is 0 Å². The van der Waals surface area contributed by atoms with Gasteiger partial charge in [0.1, 0.15) is 17.9 Å². The van der Waals surface area contributed by atoms with E-state index in [1.54, 1.807) is 6.07 Å². The van der Waals surface area contributed by atoms with Gasteiger partial charge < -0.3 is 15.2 Å². The predicted octanol–water partition coefficient (Wildman–Crippen LogP) is 0.388. The predicted molar refractivity (Wildman–Crippen MR) is 67.5 cm³/mol. The normalized spacial score (nSPS) is 14.4. The van der Waals surface area contributed by atoms with Crippen molar-refractivity contribution in [3.8, 4) is 6.07 Å². The molecule has 6 nitrogen and oxygen atoms in total. The van der Waals surface area contributed by atoms with Crippen molar-refractivity contribution >= 4 is 11.8 Å². The van der Waals surface area contributed by atoms with Crippen molar-refractivity contribution in [1.29, 1.82) is 5.26 Å². The third-order valence-electron chi connectivity index (χ3n) is 3.15. The Labute approximate surface area is 111 Å². The Kier molecular flexibility index (Phi) is 3.97. The van der Waals surface area contributed by atoms with Gasteiger partial charge >= 0.3 is 5.97 Å². The average molecular weight is 261 g/mol. The van der Waals surface area contributed by atoms with Crippen molar-refractivity contribution in [2.45, 2.75) is 25.3 Å². The molecule has 0 aliphatic heterocycles. The SMILES string of the molecule is COC(=O)C(CO)Nc1nc2c(cc1C#N)CCC2. The number of anilines is 1. The Morgan fingerprint density at radius 1 is 1.68 bits per heavy atom. The molecule has 1 aromatic heterocycles. The topological polar surface area (TPSA) is 95.2 Å². The highest BCUT2D eigenvalue weighted by Crippen LogP contribution is 2.25. The second-order valence-electron chi connectivity index (χ2n) is 4.36. The van der Waals surface area contributed by atoms with Crippen molar-refractivity contribution in [1.82, 2.24) is 4.98 Å². The summed E-state index contributed by atoms with van der Waals surface area (Å²) in [6.07, 6.45) is 2.83. The van der Waals surface area contributed by atoms with E-state index in [9.17, 15) is 9.90 Å². The molecule has 100 valence electrons. The Morgan fingerprint density at radius 2 is 2.47 bits per heavy atom. The molecule has 1 atom stereocenters. The van der Waals surface area contributed by atoms with E-state index in [1.807, 2.05) is 0 Å². The van der Waals surface area contributed by atoms with Gasteiger partial charge in [-0.3, -0.25) is 0 Å². The quantitative estimate of drug-likeness (QED) is 0.761. The highest BCUT2D eigenvalue weighted by atomic mass is 16.5. The number of hydrogen-bond acceptors (Lipinski definition) is 6. The average Bonchev–Trinajstić information content (AvgIpc) is 2.89. The van der Waals surface area contributed by atoms with E-state index in [1.165, 1.54) is 7.11 Å². The lowest BCUT2D eigenvalue weighted by Gasteiger charge is -2.16. The van der Waals surface area contributed by atoms with E-state index in [-0.39, 0.29) is 0 Å². The van der Waals surface area contributed by atoms with Crippen LogP contribution in [0.5, 0.6) is 0 Å². The number of hydrogen-bond donors (Lipinski definition) is 2. The fraction of sp³-hybridized carbons (Fsp3) is 0.462. The van der Waals surface area contributed by atoms with E-state index < -0.39 is 18.6 Å². The molecule has 19 heavy (non-hydrogen) atoms. The zero-order chi connectivity index (χ0) is 13.8. The number of nitrogens with zero attached hydrogens (tertiary/aromatic N) is 2. The first-order valence-electron chi connectivity index (χ1n) is 6.07. The fourth-order valence-electron chi connectivity index (χ4n) is 2.15. The standard InChI is InChI=1S/C13H15N3O3/c1-19-13(18)11(7-17)16-12-9(6-14)5-8-3-2-4-10(8)15-12/h5,11,17H,2-4,7H2,1H3,(H,15,16). The molecule has 0 bridgehead atoms. The molecule has 2 rings (SSSR count). The zero-order valence-electron chi connectivity index (χ0n) is 10.6. The summed E-state index contributed by atoms with van der Waals surface area (Å²) in [7, 11) is 1.24. The zero-order valence-corrected chi connectivity index (χ0v) is 10.6. The number of fused-ring (bicyclic) bond motifs is 1. The third-order valence-corrected chi connectivity index (χ3v) is 3.15. The van der Waals surface area contributed by atoms with Gasteiger partial charge in [0.05, 0.1) is 19.3 Å². The van der Waals surface area contributed by atoms with E-state index in [4.69, 9.17) is 5.26 Å². The maximum absolute atomic E-state index is 11.4. The molecule has 6 heteroatoms. The van der Waals surface area contributed by atoms with Gasteiger partial charge in [-0.25, -0.2) is 9.78 Å². The minimum absolute atomic E-state index is 0.326. The Balaban J connectivity index is 2.29. The van der Waals surface area contributed by atoms with Crippen molar-refractivity contribution in [3.05, 3.63) is 22.9 Å². The van der Waals surface area contributed by atoms with Crippen LogP contribution in [0.25, 0.3) is 0 Å². The van der Waals surface area contributed by atoms with Gasteiger partial charge in [0.2, 0.25) is 0 Å². The van der Waals surface area contributed by atoms with Crippen LogP contribution in [-0.2, 0) is 22.4 Å². The van der Waals surface area contributed by atoms with Gasteiger partial charge in [-0.05, 0) is 30.9 Å². The Morgan fingerprint density at radius 3 is 3.11 bits per heavy atom. The number of aliphatic hydroxyl groups is 1. The van der Waals surface area contributed by atoms with Crippen LogP contribution in [0, 0.1) is 11.3 Å². The maximum Gasteiger partial charge on any atom is 0.330 e. The first-order valence-corrected chi connectivity index (χ1v) is 6.07. The van der Waals surface area contributed by atoms with Crippen LogP contribution in [0.15, 0.2) is 6.07 Å². The van der Waals surface area contributed by atoms with Gasteiger partial charge in [0.25, 0.3) is 0 Å². The summed E-state index contributed by atoms with van der Waals surface area (Å²) >= 11 is 0. The number of nitrogens with one attached hydrogen (secondary N) is 1. The number of pyridine rings is 1. The lowest BCUT2D eigenvalue weighted by Crippen LogP contribution is -2.34. The monoisotopic (exact) mass is 261 g/mol. The Bertz CT molecular complexity index is 537. The van der Waals surface area contributed by atoms with Crippen LogP contribution in [0.3, 0.4) is 0 Å². The number of aliphatic hydroxyl groups excluding tert-OH is 1. The molecule has 0 spiro atoms. The number of esters is 1. The number of nitriles is 1. The molecule has 1 unspecified atom stereocenters. The number of carbonyl (C=O) groups excluding carboxylic acids is 1. The van der Waals surface area contributed by atoms with Crippen LogP contribution in [0.1, 0.15) is 23.2 Å². The van der Waals surface area contributed by atoms with Gasteiger partial charge in [0.15, 0.2) is 0 Å². The largest absolute Gasteiger partial charge is 0.467 e. The number of aryl methyl sites for hydroxylation is 2. The number of rotatable bonds is 4. The van der Waals surface area contributed by atoms with Gasteiger partial charge in [0, 0.05) is 5.69 Å². The molecule has 0 aromatic carbocycles. The first kappa shape index (κ1) is 13.3. The third kappa shape index (κ3) is 2.66. The molecule has 0 saturated heterocycles. The van der Waals surface area contributed by atoms with E-state index in [2.05, 4.69) is 21.1 Å². The molecule has 0 radical (unpaired) electrons. The summed E-state index contributed by atoms with van der Waals surface area (Å²) in [6, 6.07) is 2.94. The van der Waals surface area contributed by atoms with Crippen molar-refractivity contribution in [3.63, 3.8) is 0 Å². The lowest BCUT2D eigenvalue weighted by molar-refractivity contribution is -0.142. The van der Waals surface area contributed by atoms with Crippen LogP contribution >= 0.6 is 0 Å². The molecule has 1 heterocycles. The molecule has 0 amide bonds. The number of methoxy groups -OCH3 is 1. The second-order valence-corrected chi connectivity index (χ2v) is 4.36. The molecule has 1 aromatic rings. The second kappa shape index (κ2) is 5.67. The molecule has 2 N–H and O–H groups in total. The van der Waals surface area contributed by atoms with Crippen LogP contribution in [-0.4, -0.2) is 35.8 Å². The number of ether oxygens (including phenoxy) is 1. The molecular formula is C13H15N3O3. The van der Waals surface area contributed by atoms with Crippen LogP contribution < -0.4 is 5.32 Å². The minimum atomic E-state index is -0.913. The number of carbonyl (C=O) groups is 1. The molecule has 0 fully saturated rings. The first-order chi connectivity index (χ1) is 9.19. The highest BCUT2D eigenvalue weighted by molar-refractivity contribution is 5.79. The molecule has 1 aliphatic carbocycles. The maximum atomic E-state index is 11.4. The Hall–Kier alpha value is -2.13. The van der Waals surface area contributed by atoms with Gasteiger partial charge in [-0.2, -0.15) is 5.26 Å². The summed E-state index contributed by atoms with van der Waals surface area (Å²) in [5.41, 5.74) is 2.41. The summed E-state index contributed by atoms with van der Waals surface area (Å²) < 4.78 is 4.57. The minimum Gasteiger partial charge on any atom is -0.467 e. The van der Waals surface area contributed by atoms with E-state index in [0.717, 1.165) is 30.5 Å². The highest BCUT2D eigenvalue weighted by Gasteiger charge is 2.22. The summed E-state index contributed by atoms with van der Waals surface area (Å²) in [6.45, 7) is -0.420. The van der Waals surface area contributed by atoms with Crippen LogP contribution in [0.2, 0.25) is 0 Å². The fourth-order valence-corrected chi connectivity index (χ4v) is 2.15. The van der Waals surface area contributed by atoms with E-state index in [0.29, 0.717) is 11.4 Å². The van der Waals surface area contributed by atoms with Crippen molar-refractivity contribution in [2.75, 3.05) is 19.0 Å². The van der Waals surface area contributed by atoms with Crippen LogP contribution in [0.4, 0.5) is 5.82 Å². The van der Waals surface area contributed by atoms with Gasteiger partial charge in [-0.1, -0.05) is 0 Å². The number of aromatic nitrogens is 1. The lowest BCUT2D eigenvalue weighted by atomic mass is 10.1. The van der Waals surface area contributed by atoms with E-state index >= 15 is 0 Å².